The van der Waals surface area contributed by atoms with Crippen LogP contribution in [0.25, 0.3) is 11.5 Å². The highest BCUT2D eigenvalue weighted by Crippen LogP contribution is 2.25. The van der Waals surface area contributed by atoms with Crippen LogP contribution in [0.1, 0.15) is 6.42 Å². The highest BCUT2D eigenvalue weighted by atomic mass is 32.2. The summed E-state index contributed by atoms with van der Waals surface area (Å²) < 4.78 is 30.3. The summed E-state index contributed by atoms with van der Waals surface area (Å²) in [7, 11) is -3.19. The summed E-state index contributed by atoms with van der Waals surface area (Å²) in [5.74, 6) is 0.0283. The first-order valence-corrected chi connectivity index (χ1v) is 10.9. The fourth-order valence-corrected chi connectivity index (χ4v) is 5.15. The van der Waals surface area contributed by atoms with Gasteiger partial charge in [-0.25, -0.2) is 13.1 Å². The molecule has 3 aromatic rings. The third kappa shape index (κ3) is 4.14. The van der Waals surface area contributed by atoms with E-state index in [-0.39, 0.29) is 18.1 Å². The second-order valence-electron chi connectivity index (χ2n) is 6.85. The predicted octanol–water partition coefficient (Wildman–Crippen LogP) is 1.72. The number of rotatable bonds is 5. The molecular weight excluding hydrogens is 394 g/mol. The van der Waals surface area contributed by atoms with Crippen LogP contribution in [0.15, 0.2) is 70.1 Å². The third-order valence-corrected chi connectivity index (χ3v) is 6.55. The summed E-state index contributed by atoms with van der Waals surface area (Å²) in [6.07, 6.45) is 1.85. The Hall–Kier alpha value is -3.20. The Kier molecular flexibility index (Phi) is 5.06. The van der Waals surface area contributed by atoms with Crippen molar-refractivity contribution in [2.24, 2.45) is 0 Å². The van der Waals surface area contributed by atoms with Gasteiger partial charge in [-0.3, -0.25) is 9.59 Å². The van der Waals surface area contributed by atoms with Crippen molar-refractivity contribution in [1.29, 1.82) is 0 Å². The standard InChI is InChI=1S/C20H19N3O5S/c24-19-9-8-17(18-7-4-11-28-18)21-22(19)13-20(25)23(15-5-2-1-3-6-15)16-10-12-29(26,27)14-16/h1-9,11,16H,10,12-14H2/t16-/m1/s1. The highest BCUT2D eigenvalue weighted by molar-refractivity contribution is 7.91. The Balaban J connectivity index is 1.65. The zero-order valence-corrected chi connectivity index (χ0v) is 16.3. The molecule has 0 spiro atoms. The molecule has 150 valence electrons. The maximum absolute atomic E-state index is 13.2. The number of carbonyl (C=O) groups is 1. The van der Waals surface area contributed by atoms with Crippen LogP contribution in [-0.2, 0) is 21.2 Å². The monoisotopic (exact) mass is 413 g/mol. The number of hydrogen-bond acceptors (Lipinski definition) is 6. The van der Waals surface area contributed by atoms with Gasteiger partial charge in [0.1, 0.15) is 12.2 Å². The number of amides is 1. The summed E-state index contributed by atoms with van der Waals surface area (Å²) in [5.41, 5.74) is 0.590. The van der Waals surface area contributed by atoms with Gasteiger partial charge in [-0.2, -0.15) is 5.10 Å². The van der Waals surface area contributed by atoms with E-state index in [1.165, 1.54) is 23.3 Å². The minimum absolute atomic E-state index is 0.0421. The largest absolute Gasteiger partial charge is 0.463 e. The lowest BCUT2D eigenvalue weighted by Gasteiger charge is -2.28. The number of furan rings is 1. The van der Waals surface area contributed by atoms with Crippen molar-refractivity contribution in [1.82, 2.24) is 9.78 Å². The van der Waals surface area contributed by atoms with Gasteiger partial charge >= 0.3 is 0 Å². The lowest BCUT2D eigenvalue weighted by molar-refractivity contribution is -0.119. The second kappa shape index (κ2) is 7.67. The van der Waals surface area contributed by atoms with Gasteiger partial charge in [-0.1, -0.05) is 18.2 Å². The SMILES string of the molecule is O=C(Cn1nc(-c2ccco2)ccc1=O)N(c1ccccc1)[C@@H]1CCS(=O)(=O)C1. The molecule has 1 aromatic carbocycles. The number of sulfone groups is 1. The second-order valence-corrected chi connectivity index (χ2v) is 9.08. The first-order valence-electron chi connectivity index (χ1n) is 9.12. The highest BCUT2D eigenvalue weighted by Gasteiger charge is 2.35. The van der Waals surface area contributed by atoms with Gasteiger partial charge in [0.25, 0.3) is 5.56 Å². The Bertz CT molecular complexity index is 1170. The lowest BCUT2D eigenvalue weighted by atomic mass is 10.1. The Morgan fingerprint density at radius 1 is 1.14 bits per heavy atom. The summed E-state index contributed by atoms with van der Waals surface area (Å²) in [5, 5.41) is 4.23. The number of para-hydroxylation sites is 1. The van der Waals surface area contributed by atoms with Crippen LogP contribution in [-0.4, -0.2) is 41.7 Å². The van der Waals surface area contributed by atoms with E-state index in [0.717, 1.165) is 4.68 Å². The molecule has 0 unspecified atom stereocenters. The van der Waals surface area contributed by atoms with E-state index in [1.807, 2.05) is 6.07 Å². The van der Waals surface area contributed by atoms with Crippen molar-refractivity contribution >= 4 is 21.4 Å². The van der Waals surface area contributed by atoms with E-state index in [9.17, 15) is 18.0 Å². The fourth-order valence-electron chi connectivity index (χ4n) is 3.45. The summed E-state index contributed by atoms with van der Waals surface area (Å²) in [6, 6.07) is 14.7. The van der Waals surface area contributed by atoms with Crippen LogP contribution in [0.3, 0.4) is 0 Å². The van der Waals surface area contributed by atoms with Crippen molar-refractivity contribution in [3.63, 3.8) is 0 Å². The summed E-state index contributed by atoms with van der Waals surface area (Å²) in [6.45, 7) is -0.307. The number of nitrogens with zero attached hydrogens (tertiary/aromatic N) is 3. The zero-order chi connectivity index (χ0) is 20.4. The van der Waals surface area contributed by atoms with Crippen LogP contribution in [0.5, 0.6) is 0 Å². The first-order chi connectivity index (χ1) is 13.9. The van der Waals surface area contributed by atoms with E-state index < -0.39 is 27.3 Å². The van der Waals surface area contributed by atoms with Crippen LogP contribution in [0.4, 0.5) is 5.69 Å². The minimum atomic E-state index is -3.19. The predicted molar refractivity (Wildman–Crippen MR) is 107 cm³/mol. The molecule has 29 heavy (non-hydrogen) atoms. The number of hydrogen-bond donors (Lipinski definition) is 0. The topological polar surface area (TPSA) is 102 Å². The van der Waals surface area contributed by atoms with Gasteiger partial charge in [0.05, 0.1) is 23.8 Å². The molecule has 2 aromatic heterocycles. The van der Waals surface area contributed by atoms with E-state index >= 15 is 0 Å². The van der Waals surface area contributed by atoms with E-state index in [2.05, 4.69) is 5.10 Å². The van der Waals surface area contributed by atoms with Gasteiger partial charge in [-0.15, -0.1) is 0 Å². The Morgan fingerprint density at radius 3 is 2.59 bits per heavy atom. The molecule has 1 aliphatic heterocycles. The average molecular weight is 413 g/mol. The number of benzene rings is 1. The van der Waals surface area contributed by atoms with E-state index in [4.69, 9.17) is 4.42 Å². The van der Waals surface area contributed by atoms with Crippen LogP contribution in [0, 0.1) is 0 Å². The Labute approximate surface area is 167 Å². The molecular formula is C20H19N3O5S. The van der Waals surface area contributed by atoms with Crippen LogP contribution < -0.4 is 10.5 Å². The van der Waals surface area contributed by atoms with Crippen molar-refractivity contribution < 1.29 is 17.6 Å². The van der Waals surface area contributed by atoms with Crippen molar-refractivity contribution in [2.75, 3.05) is 16.4 Å². The molecule has 0 saturated carbocycles. The molecule has 3 heterocycles. The quantitative estimate of drug-likeness (QED) is 0.631. The number of carbonyl (C=O) groups excluding carboxylic acids is 1. The molecule has 8 nitrogen and oxygen atoms in total. The van der Waals surface area contributed by atoms with Crippen molar-refractivity contribution in [3.05, 3.63) is 71.2 Å². The molecule has 4 rings (SSSR count). The normalized spacial score (nSPS) is 17.9. The molecule has 0 N–H and O–H groups in total. The molecule has 0 radical (unpaired) electrons. The summed E-state index contributed by atoms with van der Waals surface area (Å²) >= 11 is 0. The van der Waals surface area contributed by atoms with E-state index in [0.29, 0.717) is 23.6 Å². The molecule has 1 saturated heterocycles. The maximum atomic E-state index is 13.2. The Morgan fingerprint density at radius 2 is 1.93 bits per heavy atom. The van der Waals surface area contributed by atoms with Gasteiger partial charge in [0, 0.05) is 11.8 Å². The van der Waals surface area contributed by atoms with E-state index in [1.54, 1.807) is 36.4 Å². The zero-order valence-electron chi connectivity index (χ0n) is 15.5. The number of aromatic nitrogens is 2. The van der Waals surface area contributed by atoms with Gasteiger partial charge in [-0.05, 0) is 36.8 Å². The molecule has 0 bridgehead atoms. The van der Waals surface area contributed by atoms with Gasteiger partial charge in [0.15, 0.2) is 15.6 Å². The smallest absolute Gasteiger partial charge is 0.267 e. The molecule has 1 amide bonds. The lowest BCUT2D eigenvalue weighted by Crippen LogP contribution is -2.44. The number of anilines is 1. The molecule has 1 atom stereocenters. The molecule has 1 aliphatic rings. The van der Waals surface area contributed by atoms with Crippen molar-refractivity contribution in [2.45, 2.75) is 19.0 Å². The van der Waals surface area contributed by atoms with Gasteiger partial charge < -0.3 is 9.32 Å². The molecule has 0 aliphatic carbocycles. The van der Waals surface area contributed by atoms with Crippen molar-refractivity contribution in [3.8, 4) is 11.5 Å². The maximum Gasteiger partial charge on any atom is 0.267 e. The van der Waals surface area contributed by atoms with Crippen LogP contribution >= 0.6 is 0 Å². The molecule has 9 heteroatoms. The molecule has 1 fully saturated rings. The van der Waals surface area contributed by atoms with Crippen LogP contribution in [0.2, 0.25) is 0 Å². The fraction of sp³-hybridized carbons (Fsp3) is 0.250. The third-order valence-electron chi connectivity index (χ3n) is 4.80. The first kappa shape index (κ1) is 19.1. The minimum Gasteiger partial charge on any atom is -0.463 e. The summed E-state index contributed by atoms with van der Waals surface area (Å²) in [4.78, 5) is 26.9. The van der Waals surface area contributed by atoms with Gasteiger partial charge in [0.2, 0.25) is 5.91 Å². The average Bonchev–Trinajstić information content (AvgIpc) is 3.35.